The second kappa shape index (κ2) is 3.90. The largest absolute Gasteiger partial charge is 0.371 e. The van der Waals surface area contributed by atoms with Gasteiger partial charge in [0.2, 0.25) is 0 Å². The number of nitrogens with one attached hydrogen (secondary N) is 1. The third-order valence-corrected chi connectivity index (χ3v) is 2.37. The molecule has 0 bridgehead atoms. The van der Waals surface area contributed by atoms with Crippen molar-refractivity contribution in [3.63, 3.8) is 0 Å². The number of ether oxygens (including phenoxy) is 1. The molecule has 70 valence electrons. The average Bonchev–Trinajstić information content (AvgIpc) is 2.20. The number of hydrogen-bond acceptors (Lipinski definition) is 2. The van der Waals surface area contributed by atoms with Crippen LogP contribution in [0.2, 0.25) is 0 Å². The van der Waals surface area contributed by atoms with E-state index in [9.17, 15) is 0 Å². The Morgan fingerprint density at radius 2 is 2.08 bits per heavy atom. The van der Waals surface area contributed by atoms with Crippen molar-refractivity contribution in [3.05, 3.63) is 35.9 Å². The van der Waals surface area contributed by atoms with Crippen LogP contribution >= 0.6 is 0 Å². The van der Waals surface area contributed by atoms with Gasteiger partial charge in [-0.3, -0.25) is 0 Å². The van der Waals surface area contributed by atoms with Gasteiger partial charge in [0.05, 0.1) is 12.7 Å². The van der Waals surface area contributed by atoms with Crippen LogP contribution in [0.15, 0.2) is 30.3 Å². The van der Waals surface area contributed by atoms with E-state index in [1.165, 1.54) is 5.56 Å². The first kappa shape index (κ1) is 8.73. The molecule has 1 heterocycles. The first-order valence-electron chi connectivity index (χ1n) is 4.76. The van der Waals surface area contributed by atoms with E-state index >= 15 is 0 Å². The predicted octanol–water partition coefficient (Wildman–Crippen LogP) is 1.74. The number of morpholine rings is 1. The Morgan fingerprint density at radius 3 is 2.69 bits per heavy atom. The van der Waals surface area contributed by atoms with Crippen LogP contribution in [0.3, 0.4) is 0 Å². The van der Waals surface area contributed by atoms with Crippen molar-refractivity contribution in [1.82, 2.24) is 5.32 Å². The van der Waals surface area contributed by atoms with Crippen LogP contribution in [-0.2, 0) is 4.74 Å². The van der Waals surface area contributed by atoms with E-state index in [0.29, 0.717) is 6.04 Å². The van der Waals surface area contributed by atoms with Gasteiger partial charge in [-0.2, -0.15) is 0 Å². The lowest BCUT2D eigenvalue weighted by atomic mass is 10.1. The number of hydrogen-bond donors (Lipinski definition) is 1. The molecule has 0 saturated carbocycles. The fraction of sp³-hybridized carbons (Fsp3) is 0.455. The summed E-state index contributed by atoms with van der Waals surface area (Å²) in [6, 6.07) is 10.8. The third-order valence-electron chi connectivity index (χ3n) is 2.37. The summed E-state index contributed by atoms with van der Waals surface area (Å²) in [5, 5.41) is 3.41. The zero-order chi connectivity index (χ0) is 9.10. The minimum atomic E-state index is 0.234. The van der Waals surface area contributed by atoms with Gasteiger partial charge in [-0.15, -0.1) is 0 Å². The van der Waals surface area contributed by atoms with E-state index in [4.69, 9.17) is 4.74 Å². The highest BCUT2D eigenvalue weighted by Gasteiger charge is 2.18. The first-order valence-corrected chi connectivity index (χ1v) is 4.76. The second-order valence-corrected chi connectivity index (χ2v) is 3.54. The Morgan fingerprint density at radius 1 is 1.31 bits per heavy atom. The van der Waals surface area contributed by atoms with Gasteiger partial charge >= 0.3 is 0 Å². The smallest absolute Gasteiger partial charge is 0.0950 e. The van der Waals surface area contributed by atoms with Gasteiger partial charge < -0.3 is 10.1 Å². The average molecular weight is 177 g/mol. The van der Waals surface area contributed by atoms with Gasteiger partial charge in [-0.05, 0) is 12.5 Å². The van der Waals surface area contributed by atoms with Gasteiger partial charge in [0, 0.05) is 12.6 Å². The summed E-state index contributed by atoms with van der Waals surface area (Å²) in [5.41, 5.74) is 1.27. The van der Waals surface area contributed by atoms with Crippen LogP contribution in [-0.4, -0.2) is 19.2 Å². The summed E-state index contributed by atoms with van der Waals surface area (Å²) in [7, 11) is 0. The fourth-order valence-electron chi connectivity index (χ4n) is 1.57. The zero-order valence-corrected chi connectivity index (χ0v) is 7.86. The van der Waals surface area contributed by atoms with E-state index in [2.05, 4.69) is 36.5 Å². The molecule has 1 aliphatic heterocycles. The molecule has 1 aromatic carbocycles. The molecule has 1 fully saturated rings. The van der Waals surface area contributed by atoms with Crippen molar-refractivity contribution in [2.45, 2.75) is 19.1 Å². The van der Waals surface area contributed by atoms with Gasteiger partial charge in [0.25, 0.3) is 0 Å². The molecule has 1 aromatic rings. The van der Waals surface area contributed by atoms with Crippen molar-refractivity contribution >= 4 is 0 Å². The molecule has 2 heteroatoms. The van der Waals surface area contributed by atoms with Crippen molar-refractivity contribution in [3.8, 4) is 0 Å². The molecule has 0 radical (unpaired) electrons. The van der Waals surface area contributed by atoms with Crippen LogP contribution in [0, 0.1) is 0 Å². The molecular weight excluding hydrogens is 162 g/mol. The van der Waals surface area contributed by atoms with Crippen LogP contribution in [0.5, 0.6) is 0 Å². The summed E-state index contributed by atoms with van der Waals surface area (Å²) >= 11 is 0. The number of benzene rings is 1. The molecule has 0 unspecified atom stereocenters. The van der Waals surface area contributed by atoms with E-state index in [1.807, 2.05) is 6.07 Å². The van der Waals surface area contributed by atoms with Gasteiger partial charge in [-0.25, -0.2) is 0 Å². The lowest BCUT2D eigenvalue weighted by Gasteiger charge is -2.28. The highest BCUT2D eigenvalue weighted by molar-refractivity contribution is 5.18. The lowest BCUT2D eigenvalue weighted by molar-refractivity contribution is 0.00695. The maximum atomic E-state index is 5.71. The summed E-state index contributed by atoms with van der Waals surface area (Å²) in [5.74, 6) is 0. The van der Waals surface area contributed by atoms with Crippen molar-refractivity contribution < 1.29 is 4.74 Å². The maximum absolute atomic E-state index is 5.71. The number of rotatable bonds is 1. The highest BCUT2D eigenvalue weighted by Crippen LogP contribution is 2.19. The van der Waals surface area contributed by atoms with Crippen molar-refractivity contribution in [1.29, 1.82) is 0 Å². The van der Waals surface area contributed by atoms with E-state index in [1.54, 1.807) is 0 Å². The molecule has 2 nitrogen and oxygen atoms in total. The molecule has 1 saturated heterocycles. The monoisotopic (exact) mass is 177 g/mol. The molecule has 2 rings (SSSR count). The van der Waals surface area contributed by atoms with Crippen LogP contribution in [0.1, 0.15) is 18.6 Å². The second-order valence-electron chi connectivity index (χ2n) is 3.54. The van der Waals surface area contributed by atoms with Crippen molar-refractivity contribution in [2.24, 2.45) is 0 Å². The predicted molar refractivity (Wildman–Crippen MR) is 52.6 cm³/mol. The minimum Gasteiger partial charge on any atom is -0.371 e. The van der Waals surface area contributed by atoms with Crippen LogP contribution in [0.4, 0.5) is 0 Å². The highest BCUT2D eigenvalue weighted by atomic mass is 16.5. The Kier molecular flexibility index (Phi) is 2.62. The first-order chi connectivity index (χ1) is 6.36. The molecule has 13 heavy (non-hydrogen) atoms. The van der Waals surface area contributed by atoms with Crippen LogP contribution < -0.4 is 5.32 Å². The molecular formula is C11H15NO. The Balaban J connectivity index is 2.03. The molecule has 1 aliphatic rings. The Hall–Kier alpha value is -0.860. The van der Waals surface area contributed by atoms with E-state index in [0.717, 1.165) is 13.2 Å². The molecule has 0 aliphatic carbocycles. The lowest BCUT2D eigenvalue weighted by Crippen LogP contribution is -2.40. The molecule has 1 N–H and O–H groups in total. The normalized spacial score (nSPS) is 28.7. The molecule has 0 aromatic heterocycles. The maximum Gasteiger partial charge on any atom is 0.0950 e. The quantitative estimate of drug-likeness (QED) is 0.705. The Labute approximate surface area is 78.9 Å². The summed E-state index contributed by atoms with van der Waals surface area (Å²) in [6.07, 6.45) is 0.234. The molecule has 0 spiro atoms. The van der Waals surface area contributed by atoms with E-state index in [-0.39, 0.29) is 6.10 Å². The third kappa shape index (κ3) is 2.08. The summed E-state index contributed by atoms with van der Waals surface area (Å²) in [6.45, 7) is 3.87. The zero-order valence-electron chi connectivity index (χ0n) is 7.86. The van der Waals surface area contributed by atoms with Crippen LogP contribution in [0.25, 0.3) is 0 Å². The Bertz CT molecular complexity index is 252. The SMILES string of the molecule is C[C@@H]1CO[C@H](c2ccccc2)CN1. The van der Waals surface area contributed by atoms with Gasteiger partial charge in [-0.1, -0.05) is 30.3 Å². The molecule has 2 atom stereocenters. The van der Waals surface area contributed by atoms with Crippen molar-refractivity contribution in [2.75, 3.05) is 13.2 Å². The summed E-state index contributed by atoms with van der Waals surface area (Å²) < 4.78 is 5.71. The van der Waals surface area contributed by atoms with Gasteiger partial charge in [0.1, 0.15) is 0 Å². The topological polar surface area (TPSA) is 21.3 Å². The minimum absolute atomic E-state index is 0.234. The standard InChI is InChI=1S/C11H15NO/c1-9-8-13-11(7-12-9)10-5-3-2-4-6-10/h2-6,9,11-12H,7-8H2,1H3/t9-,11+/m1/s1. The van der Waals surface area contributed by atoms with Gasteiger partial charge in [0.15, 0.2) is 0 Å². The van der Waals surface area contributed by atoms with E-state index < -0.39 is 0 Å². The molecule has 0 amide bonds. The fourth-order valence-corrected chi connectivity index (χ4v) is 1.57. The summed E-state index contributed by atoms with van der Waals surface area (Å²) in [4.78, 5) is 0.